The van der Waals surface area contributed by atoms with Crippen LogP contribution in [-0.4, -0.2) is 37.8 Å². The van der Waals surface area contributed by atoms with Crippen molar-refractivity contribution in [2.75, 3.05) is 18.5 Å². The monoisotopic (exact) mass is 472 g/mol. The van der Waals surface area contributed by atoms with Crippen LogP contribution in [0.5, 0.6) is 5.75 Å². The molecule has 1 aliphatic carbocycles. The van der Waals surface area contributed by atoms with E-state index in [4.69, 9.17) is 4.74 Å². The van der Waals surface area contributed by atoms with Crippen molar-refractivity contribution in [1.82, 2.24) is 4.31 Å². The molecule has 1 fully saturated rings. The second-order valence-corrected chi connectivity index (χ2v) is 10.9. The molecular weight excluding hydrogens is 436 g/mol. The summed E-state index contributed by atoms with van der Waals surface area (Å²) >= 11 is 0. The Morgan fingerprint density at radius 1 is 1.09 bits per heavy atom. The number of hydrogen-bond acceptors (Lipinski definition) is 4. The van der Waals surface area contributed by atoms with Crippen LogP contribution in [0.1, 0.15) is 69.9 Å². The van der Waals surface area contributed by atoms with Gasteiger partial charge in [-0.3, -0.25) is 4.79 Å². The number of nitrogens with one attached hydrogen (secondary N) is 1. The van der Waals surface area contributed by atoms with Crippen molar-refractivity contribution in [1.29, 1.82) is 0 Å². The van der Waals surface area contributed by atoms with E-state index in [1.807, 2.05) is 32.0 Å². The van der Waals surface area contributed by atoms with Crippen molar-refractivity contribution < 1.29 is 17.9 Å². The van der Waals surface area contributed by atoms with Crippen LogP contribution in [0, 0.1) is 6.92 Å². The fourth-order valence-electron chi connectivity index (χ4n) is 4.45. The van der Waals surface area contributed by atoms with Crippen molar-refractivity contribution in [3.63, 3.8) is 0 Å². The Labute approximate surface area is 198 Å². The molecule has 1 amide bonds. The molecule has 33 heavy (non-hydrogen) atoms. The number of rotatable bonds is 9. The second-order valence-electron chi connectivity index (χ2n) is 8.99. The summed E-state index contributed by atoms with van der Waals surface area (Å²) in [5.74, 6) is 0.549. The van der Waals surface area contributed by atoms with Gasteiger partial charge in [0.2, 0.25) is 15.9 Å². The van der Waals surface area contributed by atoms with Crippen LogP contribution >= 0.6 is 0 Å². The zero-order valence-electron chi connectivity index (χ0n) is 20.1. The topological polar surface area (TPSA) is 75.7 Å². The summed E-state index contributed by atoms with van der Waals surface area (Å²) < 4.78 is 34.1. The maximum Gasteiger partial charge on any atom is 0.243 e. The highest BCUT2D eigenvalue weighted by Crippen LogP contribution is 2.30. The maximum absolute atomic E-state index is 13.6. The lowest BCUT2D eigenvalue weighted by atomic mass is 9.95. The number of aryl methyl sites for hydroxylation is 1. The van der Waals surface area contributed by atoms with Gasteiger partial charge in [0.1, 0.15) is 5.75 Å². The molecule has 0 unspecified atom stereocenters. The van der Waals surface area contributed by atoms with E-state index in [1.54, 1.807) is 24.3 Å². The van der Waals surface area contributed by atoms with Crippen LogP contribution < -0.4 is 10.1 Å². The average molecular weight is 473 g/mol. The predicted molar refractivity (Wildman–Crippen MR) is 132 cm³/mol. The highest BCUT2D eigenvalue weighted by Gasteiger charge is 2.34. The number of benzene rings is 2. The first kappa shape index (κ1) is 25.2. The molecule has 0 spiro atoms. The first-order chi connectivity index (χ1) is 15.7. The van der Waals surface area contributed by atoms with E-state index < -0.39 is 10.0 Å². The van der Waals surface area contributed by atoms with Gasteiger partial charge in [-0.25, -0.2) is 8.42 Å². The van der Waals surface area contributed by atoms with Gasteiger partial charge in [-0.15, -0.1) is 0 Å². The van der Waals surface area contributed by atoms with Gasteiger partial charge < -0.3 is 10.1 Å². The minimum absolute atomic E-state index is 0.178. The van der Waals surface area contributed by atoms with E-state index in [9.17, 15) is 13.2 Å². The quantitative estimate of drug-likeness (QED) is 0.524. The molecular formula is C26H36N2O4S. The molecule has 0 saturated heterocycles. The van der Waals surface area contributed by atoms with E-state index in [2.05, 4.69) is 19.2 Å². The van der Waals surface area contributed by atoms with E-state index in [0.29, 0.717) is 12.4 Å². The van der Waals surface area contributed by atoms with Gasteiger partial charge in [0.25, 0.3) is 0 Å². The van der Waals surface area contributed by atoms with E-state index in [0.717, 1.165) is 48.9 Å². The third-order valence-electron chi connectivity index (χ3n) is 6.21. The molecule has 180 valence electrons. The van der Waals surface area contributed by atoms with Crippen LogP contribution in [0.25, 0.3) is 0 Å². The highest BCUT2D eigenvalue weighted by atomic mass is 32.2. The fraction of sp³-hybridized carbons (Fsp3) is 0.500. The zero-order valence-corrected chi connectivity index (χ0v) is 21.0. The summed E-state index contributed by atoms with van der Waals surface area (Å²) in [5, 5.41) is 3.01. The minimum Gasteiger partial charge on any atom is -0.494 e. The summed E-state index contributed by atoms with van der Waals surface area (Å²) in [7, 11) is -3.84. The lowest BCUT2D eigenvalue weighted by molar-refractivity contribution is -0.116. The number of para-hydroxylation sites is 1. The Hall–Kier alpha value is -2.38. The molecule has 0 heterocycles. The van der Waals surface area contributed by atoms with Gasteiger partial charge in [0, 0.05) is 11.7 Å². The zero-order chi connectivity index (χ0) is 24.0. The lowest BCUT2D eigenvalue weighted by Gasteiger charge is -2.33. The Bertz CT molecular complexity index is 1040. The normalized spacial score (nSPS) is 15.1. The molecule has 3 rings (SSSR count). The van der Waals surface area contributed by atoms with Crippen molar-refractivity contribution in [2.24, 2.45) is 0 Å². The number of carbonyl (C=O) groups excluding carboxylic acids is 1. The molecule has 0 bridgehead atoms. The summed E-state index contributed by atoms with van der Waals surface area (Å²) in [6, 6.07) is 12.2. The number of hydrogen-bond donors (Lipinski definition) is 1. The molecule has 2 aromatic carbocycles. The number of nitrogens with zero attached hydrogens (tertiary/aromatic N) is 1. The third-order valence-corrected chi connectivity index (χ3v) is 8.13. The van der Waals surface area contributed by atoms with Crippen molar-refractivity contribution in [2.45, 2.75) is 76.7 Å². The summed E-state index contributed by atoms with van der Waals surface area (Å²) in [5.41, 5.74) is 2.79. The van der Waals surface area contributed by atoms with Gasteiger partial charge in [0.15, 0.2) is 0 Å². The number of amides is 1. The Morgan fingerprint density at radius 3 is 2.36 bits per heavy atom. The maximum atomic E-state index is 13.6. The molecule has 0 radical (unpaired) electrons. The minimum atomic E-state index is -3.84. The number of ether oxygens (including phenoxy) is 1. The van der Waals surface area contributed by atoms with Crippen molar-refractivity contribution >= 4 is 21.6 Å². The summed E-state index contributed by atoms with van der Waals surface area (Å²) in [6.07, 6.45) is 4.57. The average Bonchev–Trinajstić information content (AvgIpc) is 2.79. The Kier molecular flexibility index (Phi) is 8.54. The molecule has 2 aromatic rings. The molecule has 0 aliphatic heterocycles. The van der Waals surface area contributed by atoms with Crippen LogP contribution in [0.2, 0.25) is 0 Å². The van der Waals surface area contributed by atoms with Crippen molar-refractivity contribution in [3.8, 4) is 5.75 Å². The molecule has 6 nitrogen and oxygen atoms in total. The lowest BCUT2D eigenvalue weighted by Crippen LogP contribution is -2.45. The first-order valence-corrected chi connectivity index (χ1v) is 13.3. The highest BCUT2D eigenvalue weighted by molar-refractivity contribution is 7.89. The van der Waals surface area contributed by atoms with Crippen LogP contribution in [0.3, 0.4) is 0 Å². The van der Waals surface area contributed by atoms with Gasteiger partial charge in [-0.2, -0.15) is 4.31 Å². The number of carbonyl (C=O) groups is 1. The third kappa shape index (κ3) is 6.15. The van der Waals surface area contributed by atoms with E-state index in [-0.39, 0.29) is 29.3 Å². The molecule has 0 aromatic heterocycles. The number of sulfonamides is 1. The Morgan fingerprint density at radius 2 is 1.76 bits per heavy atom. The summed E-state index contributed by atoms with van der Waals surface area (Å²) in [6.45, 7) is 8.30. The molecule has 0 atom stereocenters. The van der Waals surface area contributed by atoms with Gasteiger partial charge >= 0.3 is 0 Å². The summed E-state index contributed by atoms with van der Waals surface area (Å²) in [4.78, 5) is 13.4. The SMILES string of the molecule is CCOc1ccc(S(=O)(=O)N(CC(=O)Nc2c(C)cccc2C(C)C)C2CCCCC2)cc1. The largest absolute Gasteiger partial charge is 0.494 e. The van der Waals surface area contributed by atoms with Crippen molar-refractivity contribution in [3.05, 3.63) is 53.6 Å². The van der Waals surface area contributed by atoms with Crippen LogP contribution in [-0.2, 0) is 14.8 Å². The Balaban J connectivity index is 1.88. The van der Waals surface area contributed by atoms with E-state index in [1.165, 1.54) is 4.31 Å². The van der Waals surface area contributed by atoms with Crippen LogP contribution in [0.4, 0.5) is 5.69 Å². The smallest absolute Gasteiger partial charge is 0.243 e. The molecule has 1 saturated carbocycles. The predicted octanol–water partition coefficient (Wildman–Crippen LogP) is 5.48. The van der Waals surface area contributed by atoms with Crippen LogP contribution in [0.15, 0.2) is 47.4 Å². The second kappa shape index (κ2) is 11.2. The molecule has 7 heteroatoms. The van der Waals surface area contributed by atoms with Gasteiger partial charge in [-0.1, -0.05) is 51.3 Å². The van der Waals surface area contributed by atoms with E-state index >= 15 is 0 Å². The first-order valence-electron chi connectivity index (χ1n) is 11.9. The fourth-order valence-corrected chi connectivity index (χ4v) is 6.09. The van der Waals surface area contributed by atoms with Gasteiger partial charge in [-0.05, 0) is 68.0 Å². The standard InChI is InChI=1S/C26H36N2O4S/c1-5-32-22-14-16-23(17-15-22)33(30,31)28(21-11-7-6-8-12-21)18-25(29)27-26-20(4)10-9-13-24(26)19(2)3/h9-10,13-17,19,21H,5-8,11-12,18H2,1-4H3,(H,27,29). The molecule has 1 N–H and O–H groups in total. The van der Waals surface area contributed by atoms with Gasteiger partial charge in [0.05, 0.1) is 18.0 Å². The molecule has 1 aliphatic rings. The number of anilines is 1.